The molecular weight excluding hydrogens is 236 g/mol. The zero-order valence-corrected chi connectivity index (χ0v) is 9.99. The Balaban J connectivity index is 2.11. The van der Waals surface area contributed by atoms with Gasteiger partial charge in [-0.25, -0.2) is 4.98 Å². The fraction of sp³-hybridized carbons (Fsp3) is 0.182. The second-order valence-electron chi connectivity index (χ2n) is 3.83. The summed E-state index contributed by atoms with van der Waals surface area (Å²) in [4.78, 5) is 7.42. The maximum Gasteiger partial charge on any atom is 0.179 e. The topological polar surface area (TPSA) is 59.6 Å². The van der Waals surface area contributed by atoms with E-state index >= 15 is 0 Å². The zero-order chi connectivity index (χ0) is 11.8. The molecule has 0 fully saturated rings. The van der Waals surface area contributed by atoms with Crippen molar-refractivity contribution in [2.24, 2.45) is 0 Å². The highest BCUT2D eigenvalue weighted by atomic mass is 32.1. The molecule has 6 heteroatoms. The minimum absolute atomic E-state index is 0.538. The molecular formula is C11H10N4OS. The zero-order valence-electron chi connectivity index (χ0n) is 9.17. The van der Waals surface area contributed by atoms with E-state index < -0.39 is 0 Å². The SMILES string of the molecule is Cc1cc(Cn2c(=S)[nH]c3cccnc32)on1. The summed E-state index contributed by atoms with van der Waals surface area (Å²) in [7, 11) is 0. The van der Waals surface area contributed by atoms with Gasteiger partial charge in [0.1, 0.15) is 0 Å². The molecule has 3 aromatic heterocycles. The minimum atomic E-state index is 0.538. The van der Waals surface area contributed by atoms with E-state index in [1.54, 1.807) is 6.20 Å². The van der Waals surface area contributed by atoms with E-state index in [2.05, 4.69) is 15.1 Å². The van der Waals surface area contributed by atoms with Crippen molar-refractivity contribution in [1.29, 1.82) is 0 Å². The molecule has 0 saturated heterocycles. The molecule has 0 saturated carbocycles. The van der Waals surface area contributed by atoms with Crippen LogP contribution in [0.25, 0.3) is 11.2 Å². The number of aromatic nitrogens is 4. The lowest BCUT2D eigenvalue weighted by atomic mass is 10.4. The highest BCUT2D eigenvalue weighted by Crippen LogP contribution is 2.13. The van der Waals surface area contributed by atoms with Crippen molar-refractivity contribution in [3.63, 3.8) is 0 Å². The van der Waals surface area contributed by atoms with E-state index in [9.17, 15) is 0 Å². The number of aromatic amines is 1. The Labute approximate surface area is 102 Å². The maximum absolute atomic E-state index is 5.26. The predicted octanol–water partition coefficient (Wildman–Crippen LogP) is 2.44. The fourth-order valence-electron chi connectivity index (χ4n) is 1.78. The maximum atomic E-state index is 5.26. The number of hydrogen-bond donors (Lipinski definition) is 1. The summed E-state index contributed by atoms with van der Waals surface area (Å²) < 4.78 is 7.71. The Morgan fingerprint density at radius 2 is 2.41 bits per heavy atom. The number of imidazole rings is 1. The number of fused-ring (bicyclic) bond motifs is 1. The third-order valence-corrected chi connectivity index (χ3v) is 2.84. The molecule has 0 aliphatic rings. The van der Waals surface area contributed by atoms with Gasteiger partial charge >= 0.3 is 0 Å². The number of aryl methyl sites for hydroxylation is 1. The summed E-state index contributed by atoms with van der Waals surface area (Å²) >= 11 is 5.26. The van der Waals surface area contributed by atoms with E-state index in [1.165, 1.54) is 0 Å². The minimum Gasteiger partial charge on any atom is -0.359 e. The Morgan fingerprint density at radius 1 is 1.53 bits per heavy atom. The molecule has 0 atom stereocenters. The Bertz CT molecular complexity index is 724. The third-order valence-electron chi connectivity index (χ3n) is 2.52. The number of nitrogens with one attached hydrogen (secondary N) is 1. The molecule has 1 N–H and O–H groups in total. The Kier molecular flexibility index (Phi) is 2.29. The molecule has 0 aliphatic heterocycles. The number of nitrogens with zero attached hydrogens (tertiary/aromatic N) is 3. The highest BCUT2D eigenvalue weighted by molar-refractivity contribution is 7.71. The van der Waals surface area contributed by atoms with Crippen molar-refractivity contribution in [3.8, 4) is 0 Å². The molecule has 17 heavy (non-hydrogen) atoms. The van der Waals surface area contributed by atoms with Gasteiger partial charge < -0.3 is 9.51 Å². The molecule has 5 nitrogen and oxygen atoms in total. The fourth-order valence-corrected chi connectivity index (χ4v) is 2.04. The van der Waals surface area contributed by atoms with Crippen molar-refractivity contribution in [2.75, 3.05) is 0 Å². The molecule has 0 aromatic carbocycles. The van der Waals surface area contributed by atoms with Crippen LogP contribution >= 0.6 is 12.2 Å². The summed E-state index contributed by atoms with van der Waals surface area (Å²) in [6, 6.07) is 5.71. The average Bonchev–Trinajstić information content (AvgIpc) is 2.85. The van der Waals surface area contributed by atoms with Crippen molar-refractivity contribution in [2.45, 2.75) is 13.5 Å². The third kappa shape index (κ3) is 1.76. The van der Waals surface area contributed by atoms with Crippen LogP contribution in [-0.2, 0) is 6.54 Å². The van der Waals surface area contributed by atoms with Crippen LogP contribution in [0.3, 0.4) is 0 Å². The van der Waals surface area contributed by atoms with Gasteiger partial charge in [-0.2, -0.15) is 0 Å². The standard InChI is InChI=1S/C11H10N4OS/c1-7-5-8(16-14-7)6-15-10-9(13-11(15)17)3-2-4-12-10/h2-5H,6H2,1H3,(H,13,17). The first-order chi connectivity index (χ1) is 8.24. The van der Waals surface area contributed by atoms with Crippen LogP contribution in [0.15, 0.2) is 28.9 Å². The first-order valence-corrected chi connectivity index (χ1v) is 5.60. The van der Waals surface area contributed by atoms with Gasteiger partial charge in [-0.1, -0.05) is 5.16 Å². The van der Waals surface area contributed by atoms with Gasteiger partial charge in [-0.15, -0.1) is 0 Å². The molecule has 0 amide bonds. The molecule has 3 aromatic rings. The van der Waals surface area contributed by atoms with Crippen LogP contribution in [0, 0.1) is 11.7 Å². The van der Waals surface area contributed by atoms with Gasteiger partial charge in [0.15, 0.2) is 16.2 Å². The van der Waals surface area contributed by atoms with E-state index in [1.807, 2.05) is 29.7 Å². The summed E-state index contributed by atoms with van der Waals surface area (Å²) in [5.41, 5.74) is 2.61. The van der Waals surface area contributed by atoms with Gasteiger partial charge in [0.05, 0.1) is 17.8 Å². The van der Waals surface area contributed by atoms with Crippen molar-refractivity contribution < 1.29 is 4.52 Å². The molecule has 0 bridgehead atoms. The van der Waals surface area contributed by atoms with Gasteiger partial charge in [0.2, 0.25) is 0 Å². The summed E-state index contributed by atoms with van der Waals surface area (Å²) in [6.07, 6.45) is 1.74. The Hall–Kier alpha value is -1.95. The van der Waals surface area contributed by atoms with Crippen molar-refractivity contribution in [3.05, 3.63) is 40.6 Å². The molecule has 0 aliphatic carbocycles. The Morgan fingerprint density at radius 3 is 3.18 bits per heavy atom. The van der Waals surface area contributed by atoms with Gasteiger partial charge in [0.25, 0.3) is 0 Å². The highest BCUT2D eigenvalue weighted by Gasteiger charge is 2.08. The average molecular weight is 246 g/mol. The quantitative estimate of drug-likeness (QED) is 0.705. The summed E-state index contributed by atoms with van der Waals surface area (Å²) in [6.45, 7) is 2.43. The summed E-state index contributed by atoms with van der Waals surface area (Å²) in [5.74, 6) is 0.769. The van der Waals surface area contributed by atoms with Crippen LogP contribution in [0.2, 0.25) is 0 Å². The first-order valence-electron chi connectivity index (χ1n) is 5.20. The second-order valence-corrected chi connectivity index (χ2v) is 4.21. The second kappa shape index (κ2) is 3.81. The number of pyridine rings is 1. The van der Waals surface area contributed by atoms with E-state index in [0.717, 1.165) is 22.6 Å². The van der Waals surface area contributed by atoms with Gasteiger partial charge in [-0.3, -0.25) is 4.57 Å². The molecule has 0 spiro atoms. The van der Waals surface area contributed by atoms with Crippen LogP contribution in [0.1, 0.15) is 11.5 Å². The first kappa shape index (κ1) is 10.2. The molecule has 86 valence electrons. The van der Waals surface area contributed by atoms with Gasteiger partial charge in [-0.05, 0) is 31.3 Å². The molecule has 0 radical (unpaired) electrons. The van der Waals surface area contributed by atoms with Crippen molar-refractivity contribution in [1.82, 2.24) is 19.7 Å². The molecule has 3 heterocycles. The van der Waals surface area contributed by atoms with Gasteiger partial charge in [0, 0.05) is 12.3 Å². The smallest absolute Gasteiger partial charge is 0.179 e. The lowest BCUT2D eigenvalue weighted by Crippen LogP contribution is -1.99. The van der Waals surface area contributed by atoms with Crippen molar-refractivity contribution >= 4 is 23.4 Å². The van der Waals surface area contributed by atoms with Crippen LogP contribution < -0.4 is 0 Å². The summed E-state index contributed by atoms with van der Waals surface area (Å²) in [5, 5.41) is 3.85. The normalized spacial score (nSPS) is 11.1. The molecule has 0 unspecified atom stereocenters. The van der Waals surface area contributed by atoms with E-state index in [4.69, 9.17) is 16.7 Å². The monoisotopic (exact) mass is 246 g/mol. The van der Waals surface area contributed by atoms with Crippen LogP contribution in [0.4, 0.5) is 0 Å². The lowest BCUT2D eigenvalue weighted by Gasteiger charge is -1.99. The van der Waals surface area contributed by atoms with E-state index in [0.29, 0.717) is 11.3 Å². The van der Waals surface area contributed by atoms with Crippen LogP contribution in [0.5, 0.6) is 0 Å². The predicted molar refractivity (Wildman–Crippen MR) is 65.3 cm³/mol. The molecule has 3 rings (SSSR count). The lowest BCUT2D eigenvalue weighted by molar-refractivity contribution is 0.373. The number of rotatable bonds is 2. The largest absolute Gasteiger partial charge is 0.359 e. The van der Waals surface area contributed by atoms with E-state index in [-0.39, 0.29) is 0 Å². The number of hydrogen-bond acceptors (Lipinski definition) is 4. The number of H-pyrrole nitrogens is 1. The van der Waals surface area contributed by atoms with Crippen LogP contribution in [-0.4, -0.2) is 19.7 Å².